The molecule has 0 radical (unpaired) electrons. The average Bonchev–Trinajstić information content (AvgIpc) is 2.68. The third kappa shape index (κ3) is 4.67. The number of benzene rings is 2. The second kappa shape index (κ2) is 8.84. The lowest BCUT2D eigenvalue weighted by atomic mass is 10.2. The van der Waals surface area contributed by atoms with Crippen molar-refractivity contribution < 1.29 is 14.3 Å². The molecule has 3 rings (SSSR count). The Balaban J connectivity index is 1.62. The molecule has 6 nitrogen and oxygen atoms in total. The lowest BCUT2D eigenvalue weighted by molar-refractivity contribution is -0.113. The van der Waals surface area contributed by atoms with Crippen LogP contribution in [0.4, 0.5) is 5.69 Å². The standard InChI is InChI=1S/C21H22N2O4S/c1-13-4-7-20(27-3)18(8-13)23-21(25)12-28-11-14-9-19(24)16-10-15(26-2)5-6-17(16)22-14/h4-10H,11-12H2,1-3H3,(H,22,24)(H,23,25). The Bertz CT molecular complexity index is 1060. The summed E-state index contributed by atoms with van der Waals surface area (Å²) in [5.74, 6) is 1.93. The van der Waals surface area contributed by atoms with Crippen LogP contribution < -0.4 is 20.2 Å². The van der Waals surface area contributed by atoms with Crippen molar-refractivity contribution in [2.45, 2.75) is 12.7 Å². The molecule has 0 aliphatic rings. The molecule has 0 atom stereocenters. The number of H-pyrrole nitrogens is 1. The van der Waals surface area contributed by atoms with Gasteiger partial charge in [-0.1, -0.05) is 6.07 Å². The number of methoxy groups -OCH3 is 2. The molecule has 1 heterocycles. The third-order valence-electron chi connectivity index (χ3n) is 4.21. The molecule has 2 N–H and O–H groups in total. The number of hydrogen-bond acceptors (Lipinski definition) is 5. The minimum atomic E-state index is -0.123. The van der Waals surface area contributed by atoms with Crippen molar-refractivity contribution in [3.63, 3.8) is 0 Å². The molecule has 0 aliphatic heterocycles. The normalized spacial score (nSPS) is 10.7. The molecule has 0 saturated carbocycles. The van der Waals surface area contributed by atoms with Crippen LogP contribution in [0, 0.1) is 6.92 Å². The van der Waals surface area contributed by atoms with E-state index in [0.29, 0.717) is 28.3 Å². The number of anilines is 1. The van der Waals surface area contributed by atoms with E-state index in [9.17, 15) is 9.59 Å². The van der Waals surface area contributed by atoms with Gasteiger partial charge in [0.05, 0.1) is 25.7 Å². The fourth-order valence-electron chi connectivity index (χ4n) is 2.85. The highest BCUT2D eigenvalue weighted by molar-refractivity contribution is 7.99. The Morgan fingerprint density at radius 2 is 1.93 bits per heavy atom. The molecule has 0 saturated heterocycles. The van der Waals surface area contributed by atoms with Crippen LogP contribution in [0.3, 0.4) is 0 Å². The highest BCUT2D eigenvalue weighted by Crippen LogP contribution is 2.25. The Kier molecular flexibility index (Phi) is 6.26. The van der Waals surface area contributed by atoms with Crippen molar-refractivity contribution in [2.24, 2.45) is 0 Å². The second-order valence-corrected chi connectivity index (χ2v) is 7.30. The van der Waals surface area contributed by atoms with E-state index < -0.39 is 0 Å². The minimum absolute atomic E-state index is 0.0720. The number of aromatic nitrogens is 1. The number of pyridine rings is 1. The van der Waals surface area contributed by atoms with Crippen molar-refractivity contribution in [3.05, 3.63) is 63.9 Å². The molecule has 3 aromatic rings. The molecule has 0 unspecified atom stereocenters. The maximum absolute atomic E-state index is 12.3. The smallest absolute Gasteiger partial charge is 0.234 e. The van der Waals surface area contributed by atoms with Crippen molar-refractivity contribution in [1.82, 2.24) is 4.98 Å². The minimum Gasteiger partial charge on any atom is -0.497 e. The van der Waals surface area contributed by atoms with Gasteiger partial charge in [-0.15, -0.1) is 11.8 Å². The number of ether oxygens (including phenoxy) is 2. The zero-order valence-electron chi connectivity index (χ0n) is 16.0. The zero-order valence-corrected chi connectivity index (χ0v) is 16.8. The Morgan fingerprint density at radius 1 is 1.11 bits per heavy atom. The van der Waals surface area contributed by atoms with E-state index in [0.717, 1.165) is 16.8 Å². The van der Waals surface area contributed by atoms with Crippen LogP contribution in [0.25, 0.3) is 10.9 Å². The van der Waals surface area contributed by atoms with Crippen LogP contribution >= 0.6 is 11.8 Å². The van der Waals surface area contributed by atoms with Crippen molar-refractivity contribution >= 4 is 34.3 Å². The molecule has 0 aliphatic carbocycles. The first kappa shape index (κ1) is 19.8. The number of hydrogen-bond donors (Lipinski definition) is 2. The Morgan fingerprint density at radius 3 is 2.68 bits per heavy atom. The van der Waals surface area contributed by atoms with Crippen molar-refractivity contribution in [1.29, 1.82) is 0 Å². The fraction of sp³-hybridized carbons (Fsp3) is 0.238. The third-order valence-corrected chi connectivity index (χ3v) is 5.19. The lowest BCUT2D eigenvalue weighted by Gasteiger charge is -2.11. The molecular weight excluding hydrogens is 376 g/mol. The van der Waals surface area contributed by atoms with Gasteiger partial charge >= 0.3 is 0 Å². The summed E-state index contributed by atoms with van der Waals surface area (Å²) in [6.07, 6.45) is 0. The highest BCUT2D eigenvalue weighted by atomic mass is 32.2. The molecule has 0 bridgehead atoms. The van der Waals surface area contributed by atoms with Gasteiger partial charge in [0.1, 0.15) is 11.5 Å². The van der Waals surface area contributed by atoms with Crippen LogP contribution in [0.2, 0.25) is 0 Å². The molecule has 146 valence electrons. The number of carbonyl (C=O) groups excluding carboxylic acids is 1. The van der Waals surface area contributed by atoms with Gasteiger partial charge in [-0.2, -0.15) is 0 Å². The predicted molar refractivity (Wildman–Crippen MR) is 114 cm³/mol. The summed E-state index contributed by atoms with van der Waals surface area (Å²) in [6.45, 7) is 1.95. The van der Waals surface area contributed by atoms with Gasteiger partial charge in [0.25, 0.3) is 0 Å². The van der Waals surface area contributed by atoms with Crippen molar-refractivity contribution in [2.75, 3.05) is 25.3 Å². The van der Waals surface area contributed by atoms with Gasteiger partial charge in [0, 0.05) is 28.4 Å². The summed E-state index contributed by atoms with van der Waals surface area (Å²) >= 11 is 1.43. The van der Waals surface area contributed by atoms with Crippen molar-refractivity contribution in [3.8, 4) is 11.5 Å². The molecule has 28 heavy (non-hydrogen) atoms. The molecule has 1 aromatic heterocycles. The van der Waals surface area contributed by atoms with E-state index in [4.69, 9.17) is 9.47 Å². The maximum Gasteiger partial charge on any atom is 0.234 e. The Hall–Kier alpha value is -2.93. The van der Waals surface area contributed by atoms with Gasteiger partial charge in [0.2, 0.25) is 5.91 Å². The molecule has 1 amide bonds. The summed E-state index contributed by atoms with van der Waals surface area (Å²) in [7, 11) is 3.14. The van der Waals surface area contributed by atoms with Crippen LogP contribution in [-0.4, -0.2) is 30.9 Å². The van der Waals surface area contributed by atoms with E-state index in [2.05, 4.69) is 10.3 Å². The number of thioether (sulfide) groups is 1. The SMILES string of the molecule is COc1ccc2[nH]c(CSCC(=O)Nc3cc(C)ccc3OC)cc(=O)c2c1. The average molecular weight is 398 g/mol. The summed E-state index contributed by atoms with van der Waals surface area (Å²) in [5.41, 5.74) is 3.14. The quantitative estimate of drug-likeness (QED) is 0.634. The van der Waals surface area contributed by atoms with E-state index >= 15 is 0 Å². The number of aryl methyl sites for hydroxylation is 1. The maximum atomic E-state index is 12.3. The zero-order chi connectivity index (χ0) is 20.1. The van der Waals surface area contributed by atoms with Gasteiger partial charge in [0.15, 0.2) is 5.43 Å². The number of aromatic amines is 1. The first-order valence-corrected chi connectivity index (χ1v) is 9.88. The predicted octanol–water partition coefficient (Wildman–Crippen LogP) is 3.73. The van der Waals surface area contributed by atoms with Gasteiger partial charge < -0.3 is 19.8 Å². The monoisotopic (exact) mass is 398 g/mol. The molecule has 0 spiro atoms. The first-order valence-electron chi connectivity index (χ1n) is 8.72. The molecular formula is C21H22N2O4S. The van der Waals surface area contributed by atoms with Crippen LogP contribution in [0.15, 0.2) is 47.3 Å². The fourth-order valence-corrected chi connectivity index (χ4v) is 3.58. The van der Waals surface area contributed by atoms with Crippen LogP contribution in [0.5, 0.6) is 11.5 Å². The van der Waals surface area contributed by atoms with E-state index in [1.165, 1.54) is 11.8 Å². The Labute approximate surface area is 167 Å². The van der Waals surface area contributed by atoms with Gasteiger partial charge in [-0.05, 0) is 42.8 Å². The van der Waals surface area contributed by atoms with Crippen LogP contribution in [-0.2, 0) is 10.5 Å². The van der Waals surface area contributed by atoms with E-state index in [-0.39, 0.29) is 17.1 Å². The molecule has 0 fully saturated rings. The van der Waals surface area contributed by atoms with Gasteiger partial charge in [-0.25, -0.2) is 0 Å². The second-order valence-electron chi connectivity index (χ2n) is 6.32. The first-order chi connectivity index (χ1) is 13.5. The van der Waals surface area contributed by atoms with Crippen LogP contribution in [0.1, 0.15) is 11.3 Å². The summed E-state index contributed by atoms with van der Waals surface area (Å²) in [5, 5.41) is 3.45. The number of rotatable bonds is 7. The highest BCUT2D eigenvalue weighted by Gasteiger charge is 2.09. The topological polar surface area (TPSA) is 80.4 Å². The number of amides is 1. The number of nitrogens with one attached hydrogen (secondary N) is 2. The number of fused-ring (bicyclic) bond motifs is 1. The molecule has 7 heteroatoms. The molecule has 2 aromatic carbocycles. The summed E-state index contributed by atoms with van der Waals surface area (Å²) in [4.78, 5) is 27.8. The van der Waals surface area contributed by atoms with Gasteiger partial charge in [-0.3, -0.25) is 9.59 Å². The summed E-state index contributed by atoms with van der Waals surface area (Å²) < 4.78 is 10.4. The number of carbonyl (C=O) groups is 1. The summed E-state index contributed by atoms with van der Waals surface area (Å²) in [6, 6.07) is 12.5. The van der Waals surface area contributed by atoms with E-state index in [1.807, 2.05) is 31.2 Å². The largest absolute Gasteiger partial charge is 0.497 e. The lowest BCUT2D eigenvalue weighted by Crippen LogP contribution is -2.15. The van der Waals surface area contributed by atoms with E-state index in [1.54, 1.807) is 32.4 Å².